The first kappa shape index (κ1) is 24.2. The highest BCUT2D eigenvalue weighted by Crippen LogP contribution is 2.41. The maximum Gasteiger partial charge on any atom is 0.258 e. The lowest BCUT2D eigenvalue weighted by atomic mass is 10.2. The molecule has 1 amide bonds. The highest BCUT2D eigenvalue weighted by Gasteiger charge is 2.25. The summed E-state index contributed by atoms with van der Waals surface area (Å²) in [6, 6.07) is 4.61. The molecule has 2 aromatic rings. The molecule has 0 saturated heterocycles. The molecule has 9 nitrogen and oxygen atoms in total. The Balaban J connectivity index is 2.33. The highest BCUT2D eigenvalue weighted by molar-refractivity contribution is 6.34. The van der Waals surface area contributed by atoms with Gasteiger partial charge in [-0.3, -0.25) is 9.59 Å². The smallest absolute Gasteiger partial charge is 0.258 e. The number of amides is 1. The van der Waals surface area contributed by atoms with E-state index in [0.29, 0.717) is 11.5 Å². The van der Waals surface area contributed by atoms with Crippen molar-refractivity contribution in [3.8, 4) is 23.0 Å². The second-order valence-electron chi connectivity index (χ2n) is 6.04. The van der Waals surface area contributed by atoms with E-state index in [4.69, 9.17) is 42.1 Å². The molecular formula is C20H21Cl2N3O6. The number of nitrogens with zero attached hydrogens (tertiary/aromatic N) is 2. The number of rotatable bonds is 9. The molecule has 0 fully saturated rings. The number of benzene rings is 2. The van der Waals surface area contributed by atoms with Crippen molar-refractivity contribution in [2.45, 2.75) is 13.0 Å². The molecule has 2 aromatic carbocycles. The van der Waals surface area contributed by atoms with Gasteiger partial charge in [-0.05, 0) is 25.1 Å². The Morgan fingerprint density at radius 3 is 2.13 bits per heavy atom. The van der Waals surface area contributed by atoms with Gasteiger partial charge in [0, 0.05) is 6.07 Å². The minimum absolute atomic E-state index is 0.122. The first-order valence-electron chi connectivity index (χ1n) is 8.81. The number of methoxy groups -OCH3 is 4. The van der Waals surface area contributed by atoms with E-state index in [1.54, 1.807) is 6.07 Å². The molecule has 0 bridgehead atoms. The predicted molar refractivity (Wildman–Crippen MR) is 117 cm³/mol. The van der Waals surface area contributed by atoms with Gasteiger partial charge < -0.3 is 24.3 Å². The van der Waals surface area contributed by atoms with Crippen molar-refractivity contribution in [3.05, 3.63) is 34.3 Å². The first-order valence-corrected chi connectivity index (χ1v) is 9.57. The lowest BCUT2D eigenvalue weighted by Gasteiger charge is -2.15. The van der Waals surface area contributed by atoms with Crippen LogP contribution in [0.15, 0.2) is 34.5 Å². The monoisotopic (exact) mass is 469 g/mol. The predicted octanol–water partition coefficient (Wildman–Crippen LogP) is 4.71. The second-order valence-corrected chi connectivity index (χ2v) is 6.82. The van der Waals surface area contributed by atoms with Gasteiger partial charge in [0.25, 0.3) is 5.91 Å². The van der Waals surface area contributed by atoms with Gasteiger partial charge >= 0.3 is 0 Å². The van der Waals surface area contributed by atoms with Gasteiger partial charge in [-0.25, -0.2) is 0 Å². The highest BCUT2D eigenvalue weighted by atomic mass is 35.5. The normalized spacial score (nSPS) is 11.7. The Kier molecular flexibility index (Phi) is 8.47. The Morgan fingerprint density at radius 2 is 1.58 bits per heavy atom. The van der Waals surface area contributed by atoms with E-state index in [0.717, 1.165) is 0 Å². The number of halogens is 2. The molecule has 0 aliphatic heterocycles. The third-order valence-corrected chi connectivity index (χ3v) is 4.77. The third kappa shape index (κ3) is 5.56. The van der Waals surface area contributed by atoms with Gasteiger partial charge in [0.05, 0.1) is 39.1 Å². The summed E-state index contributed by atoms with van der Waals surface area (Å²) in [5.41, 5.74) is 0.437. The maximum atomic E-state index is 12.7. The molecule has 31 heavy (non-hydrogen) atoms. The zero-order valence-corrected chi connectivity index (χ0v) is 19.0. The summed E-state index contributed by atoms with van der Waals surface area (Å²) in [6.45, 7) is 1.22. The van der Waals surface area contributed by atoms with Crippen molar-refractivity contribution >= 4 is 46.3 Å². The van der Waals surface area contributed by atoms with Gasteiger partial charge in [-0.15, -0.1) is 0 Å². The average molecular weight is 470 g/mol. The van der Waals surface area contributed by atoms with Crippen LogP contribution in [-0.4, -0.2) is 46.2 Å². The van der Waals surface area contributed by atoms with Crippen molar-refractivity contribution in [2.24, 2.45) is 10.2 Å². The van der Waals surface area contributed by atoms with Crippen LogP contribution in [0, 0.1) is 0 Å². The first-order chi connectivity index (χ1) is 14.8. The fourth-order valence-corrected chi connectivity index (χ4v) is 3.07. The number of hydrogen-bond donors (Lipinski definition) is 1. The van der Waals surface area contributed by atoms with Crippen LogP contribution in [0.1, 0.15) is 6.92 Å². The summed E-state index contributed by atoms with van der Waals surface area (Å²) in [7, 11) is 5.75. The Labute approximate surface area is 189 Å². The third-order valence-electron chi connectivity index (χ3n) is 4.11. The summed E-state index contributed by atoms with van der Waals surface area (Å²) in [6.07, 6.45) is 0. The van der Waals surface area contributed by atoms with E-state index in [1.165, 1.54) is 53.6 Å². The molecule has 2 rings (SSSR count). The standard InChI is InChI=1S/C20H21Cl2N3O6/c1-10(26)18(25-24-12-6-7-14(28-2)19(31-5)17(12)22)20(27)23-13-8-11(21)15(29-3)9-16(13)30-4/h6-9,18H,1-5H3,(H,23,27). The van der Waals surface area contributed by atoms with Crippen molar-refractivity contribution in [1.82, 2.24) is 0 Å². The second kappa shape index (κ2) is 10.8. The number of Topliss-reactive ketones (excluding diaryl/α,β-unsaturated/α-hetero) is 1. The molecule has 0 saturated carbocycles. The van der Waals surface area contributed by atoms with Crippen LogP contribution in [-0.2, 0) is 9.59 Å². The van der Waals surface area contributed by atoms with Crippen LogP contribution in [0.2, 0.25) is 10.0 Å². The van der Waals surface area contributed by atoms with Crippen LogP contribution in [0.4, 0.5) is 11.4 Å². The lowest BCUT2D eigenvalue weighted by molar-refractivity contribution is -0.126. The van der Waals surface area contributed by atoms with E-state index in [1.807, 2.05) is 0 Å². The van der Waals surface area contributed by atoms with Crippen LogP contribution < -0.4 is 24.3 Å². The average Bonchev–Trinajstić information content (AvgIpc) is 2.74. The van der Waals surface area contributed by atoms with Gasteiger partial charge in [0.2, 0.25) is 6.04 Å². The number of ether oxygens (including phenoxy) is 4. The molecule has 0 spiro atoms. The van der Waals surface area contributed by atoms with Gasteiger partial charge in [-0.1, -0.05) is 23.2 Å². The largest absolute Gasteiger partial charge is 0.495 e. The number of ketones is 1. The number of carbonyl (C=O) groups is 2. The van der Waals surface area contributed by atoms with Crippen LogP contribution in [0.25, 0.3) is 0 Å². The molecule has 0 heterocycles. The van der Waals surface area contributed by atoms with Crippen LogP contribution in [0.5, 0.6) is 23.0 Å². The summed E-state index contributed by atoms with van der Waals surface area (Å²) < 4.78 is 20.7. The molecule has 1 N–H and O–H groups in total. The number of carbonyl (C=O) groups excluding carboxylic acids is 2. The van der Waals surface area contributed by atoms with Crippen molar-refractivity contribution in [2.75, 3.05) is 33.8 Å². The number of anilines is 1. The molecule has 0 radical (unpaired) electrons. The van der Waals surface area contributed by atoms with E-state index in [-0.39, 0.29) is 32.9 Å². The summed E-state index contributed by atoms with van der Waals surface area (Å²) >= 11 is 12.4. The van der Waals surface area contributed by atoms with E-state index in [2.05, 4.69) is 15.5 Å². The molecule has 1 atom stereocenters. The molecule has 0 aliphatic rings. The Morgan fingerprint density at radius 1 is 0.935 bits per heavy atom. The zero-order valence-electron chi connectivity index (χ0n) is 17.5. The van der Waals surface area contributed by atoms with Gasteiger partial charge in [0.15, 0.2) is 17.3 Å². The van der Waals surface area contributed by atoms with Crippen LogP contribution in [0.3, 0.4) is 0 Å². The fourth-order valence-electron chi connectivity index (χ4n) is 2.55. The molecule has 1 unspecified atom stereocenters. The zero-order chi connectivity index (χ0) is 23.1. The van der Waals surface area contributed by atoms with Crippen molar-refractivity contribution in [3.63, 3.8) is 0 Å². The quantitative estimate of drug-likeness (QED) is 0.420. The van der Waals surface area contributed by atoms with Crippen LogP contribution >= 0.6 is 23.2 Å². The Hall–Kier alpha value is -3.04. The van der Waals surface area contributed by atoms with Gasteiger partial charge in [0.1, 0.15) is 22.2 Å². The summed E-state index contributed by atoms with van der Waals surface area (Å²) in [4.78, 5) is 24.8. The van der Waals surface area contributed by atoms with Crippen molar-refractivity contribution in [1.29, 1.82) is 0 Å². The number of nitrogens with one attached hydrogen (secondary N) is 1. The summed E-state index contributed by atoms with van der Waals surface area (Å²) in [5, 5.41) is 10.8. The number of hydrogen-bond acceptors (Lipinski definition) is 8. The minimum atomic E-state index is -1.44. The molecule has 11 heteroatoms. The van der Waals surface area contributed by atoms with E-state index in [9.17, 15) is 9.59 Å². The topological polar surface area (TPSA) is 108 Å². The van der Waals surface area contributed by atoms with E-state index < -0.39 is 17.7 Å². The molecule has 166 valence electrons. The Bertz CT molecular complexity index is 1010. The molecule has 0 aliphatic carbocycles. The van der Waals surface area contributed by atoms with Crippen molar-refractivity contribution < 1.29 is 28.5 Å². The maximum absolute atomic E-state index is 12.7. The number of azo groups is 1. The van der Waals surface area contributed by atoms with Gasteiger partial charge in [-0.2, -0.15) is 10.2 Å². The minimum Gasteiger partial charge on any atom is -0.495 e. The molecule has 0 aromatic heterocycles. The van der Waals surface area contributed by atoms with E-state index >= 15 is 0 Å². The molecular weight excluding hydrogens is 449 g/mol. The lowest BCUT2D eigenvalue weighted by Crippen LogP contribution is -2.32. The fraction of sp³-hybridized carbons (Fsp3) is 0.300. The summed E-state index contributed by atoms with van der Waals surface area (Å²) in [5.74, 6) is 0.0424. The SMILES string of the molecule is COc1cc(OC)c(NC(=O)C(N=Nc2ccc(OC)c(OC)c2Cl)C(C)=O)cc1Cl.